The van der Waals surface area contributed by atoms with Crippen molar-refractivity contribution in [1.82, 2.24) is 14.8 Å². The van der Waals surface area contributed by atoms with Crippen LogP contribution in [0, 0.1) is 18.3 Å². The third-order valence-electron chi connectivity index (χ3n) is 2.01. The second-order valence-electron chi connectivity index (χ2n) is 3.18. The first kappa shape index (κ1) is 10.1. The smallest absolute Gasteiger partial charge is 0.268 e. The van der Waals surface area contributed by atoms with Gasteiger partial charge in [0.05, 0.1) is 0 Å². The van der Waals surface area contributed by atoms with Gasteiger partial charge in [0.2, 0.25) is 11.8 Å². The van der Waals surface area contributed by atoms with Crippen LogP contribution in [0.2, 0.25) is 0 Å². The van der Waals surface area contributed by atoms with Crippen LogP contribution in [0.4, 0.5) is 0 Å². The van der Waals surface area contributed by atoms with Crippen LogP contribution in [0.5, 0.6) is 0 Å². The Balaban J connectivity index is 2.36. The predicted octanol–water partition coefficient (Wildman–Crippen LogP) is 0.460. The fourth-order valence-corrected chi connectivity index (χ4v) is 1.29. The molecule has 6 nitrogen and oxygen atoms in total. The van der Waals surface area contributed by atoms with Gasteiger partial charge in [-0.05, 0) is 12.1 Å². The zero-order valence-corrected chi connectivity index (χ0v) is 8.54. The largest absolute Gasteiger partial charge is 0.424 e. The number of aryl methyl sites for hydroxylation is 1. The maximum absolute atomic E-state index is 11.7. The Labute approximate surface area is 90.8 Å². The third-order valence-corrected chi connectivity index (χ3v) is 2.01. The molecule has 0 aliphatic carbocycles. The van der Waals surface area contributed by atoms with Crippen LogP contribution in [-0.4, -0.2) is 14.8 Å². The van der Waals surface area contributed by atoms with Crippen molar-refractivity contribution in [1.29, 1.82) is 5.26 Å². The van der Waals surface area contributed by atoms with Gasteiger partial charge in [-0.3, -0.25) is 4.79 Å². The van der Waals surface area contributed by atoms with Crippen LogP contribution in [0.3, 0.4) is 0 Å². The van der Waals surface area contributed by atoms with E-state index in [1.165, 1.54) is 10.6 Å². The monoisotopic (exact) mass is 216 g/mol. The van der Waals surface area contributed by atoms with E-state index in [1.54, 1.807) is 19.2 Å². The molecule has 0 fully saturated rings. The van der Waals surface area contributed by atoms with Crippen molar-refractivity contribution in [3.8, 4) is 6.07 Å². The molecule has 0 N–H and O–H groups in total. The van der Waals surface area contributed by atoms with E-state index in [2.05, 4.69) is 10.2 Å². The normalized spacial score (nSPS) is 10.0. The van der Waals surface area contributed by atoms with Gasteiger partial charge in [-0.25, -0.2) is 0 Å². The van der Waals surface area contributed by atoms with Crippen molar-refractivity contribution in [3.05, 3.63) is 46.0 Å². The molecule has 0 atom stereocenters. The topological polar surface area (TPSA) is 84.7 Å². The zero-order chi connectivity index (χ0) is 11.5. The summed E-state index contributed by atoms with van der Waals surface area (Å²) in [5, 5.41) is 16.1. The number of rotatable bonds is 2. The molecule has 0 amide bonds. The molecule has 0 aliphatic rings. The average Bonchev–Trinajstić information content (AvgIpc) is 2.67. The Morgan fingerprint density at radius 3 is 3.00 bits per heavy atom. The number of hydrogen-bond donors (Lipinski definition) is 0. The highest BCUT2D eigenvalue weighted by atomic mass is 16.4. The summed E-state index contributed by atoms with van der Waals surface area (Å²) in [4.78, 5) is 11.7. The van der Waals surface area contributed by atoms with Crippen LogP contribution in [0.25, 0.3) is 0 Å². The zero-order valence-electron chi connectivity index (χ0n) is 8.54. The third kappa shape index (κ3) is 1.83. The lowest BCUT2D eigenvalue weighted by Gasteiger charge is -2.00. The molecule has 2 rings (SSSR count). The molecule has 0 aromatic carbocycles. The summed E-state index contributed by atoms with van der Waals surface area (Å²) in [6, 6.07) is 4.92. The lowest BCUT2D eigenvalue weighted by molar-refractivity contribution is 0.451. The van der Waals surface area contributed by atoms with Gasteiger partial charge in [-0.2, -0.15) is 5.26 Å². The van der Waals surface area contributed by atoms with E-state index in [0.29, 0.717) is 11.8 Å². The Morgan fingerprint density at radius 2 is 2.38 bits per heavy atom. The maximum atomic E-state index is 11.7. The Hall–Kier alpha value is -2.42. The predicted molar refractivity (Wildman–Crippen MR) is 53.6 cm³/mol. The average molecular weight is 216 g/mol. The number of pyridine rings is 1. The molecule has 0 aliphatic heterocycles. The van der Waals surface area contributed by atoms with E-state index < -0.39 is 0 Å². The minimum Gasteiger partial charge on any atom is -0.424 e. The van der Waals surface area contributed by atoms with Crippen molar-refractivity contribution in [2.24, 2.45) is 0 Å². The van der Waals surface area contributed by atoms with E-state index in [0.717, 1.165) is 0 Å². The number of nitriles is 1. The van der Waals surface area contributed by atoms with Crippen molar-refractivity contribution in [3.63, 3.8) is 0 Å². The molecule has 80 valence electrons. The van der Waals surface area contributed by atoms with Crippen molar-refractivity contribution in [2.45, 2.75) is 13.5 Å². The molecule has 16 heavy (non-hydrogen) atoms. The maximum Gasteiger partial charge on any atom is 0.268 e. The van der Waals surface area contributed by atoms with Crippen LogP contribution in [-0.2, 0) is 6.54 Å². The number of hydrogen-bond acceptors (Lipinski definition) is 5. The Kier molecular flexibility index (Phi) is 2.52. The Morgan fingerprint density at radius 1 is 1.56 bits per heavy atom. The highest BCUT2D eigenvalue weighted by molar-refractivity contribution is 5.25. The lowest BCUT2D eigenvalue weighted by Crippen LogP contribution is -2.22. The van der Waals surface area contributed by atoms with Gasteiger partial charge in [0, 0.05) is 13.1 Å². The van der Waals surface area contributed by atoms with E-state index in [4.69, 9.17) is 9.68 Å². The summed E-state index contributed by atoms with van der Waals surface area (Å²) in [5.41, 5.74) is -0.264. The van der Waals surface area contributed by atoms with Crippen LogP contribution in [0.15, 0.2) is 27.5 Å². The van der Waals surface area contributed by atoms with Gasteiger partial charge in [0.25, 0.3) is 5.56 Å². The van der Waals surface area contributed by atoms with E-state index >= 15 is 0 Å². The van der Waals surface area contributed by atoms with E-state index in [1.807, 2.05) is 6.07 Å². The molecule has 0 unspecified atom stereocenters. The summed E-state index contributed by atoms with van der Waals surface area (Å²) in [6.07, 6.45) is 1.57. The molecule has 2 aromatic rings. The van der Waals surface area contributed by atoms with Gasteiger partial charge in [0.15, 0.2) is 0 Å². The quantitative estimate of drug-likeness (QED) is 0.728. The first-order valence-corrected chi connectivity index (χ1v) is 4.59. The van der Waals surface area contributed by atoms with Gasteiger partial charge < -0.3 is 8.98 Å². The molecular weight excluding hydrogens is 208 g/mol. The molecule has 6 heteroatoms. The standard InChI is InChI=1S/C10H8N4O2/c1-7-12-13-9(16-7)6-14-4-2-3-8(5-11)10(14)15/h2-4H,6H2,1H3. The summed E-state index contributed by atoms with van der Waals surface area (Å²) in [7, 11) is 0. The second-order valence-corrected chi connectivity index (χ2v) is 3.18. The van der Waals surface area contributed by atoms with Crippen LogP contribution < -0.4 is 5.56 Å². The summed E-state index contributed by atoms with van der Waals surface area (Å²) in [5.74, 6) is 0.786. The molecule has 0 bridgehead atoms. The van der Waals surface area contributed by atoms with Gasteiger partial charge in [0.1, 0.15) is 18.2 Å². The SMILES string of the molecule is Cc1nnc(Cn2cccc(C#N)c2=O)o1. The van der Waals surface area contributed by atoms with Crippen LogP contribution >= 0.6 is 0 Å². The second kappa shape index (κ2) is 3.98. The molecule has 2 aromatic heterocycles. The highest BCUT2D eigenvalue weighted by Gasteiger charge is 2.06. The highest BCUT2D eigenvalue weighted by Crippen LogP contribution is 2.00. The number of aromatic nitrogens is 3. The fourth-order valence-electron chi connectivity index (χ4n) is 1.29. The Bertz CT molecular complexity index is 606. The summed E-state index contributed by atoms with van der Waals surface area (Å²) < 4.78 is 6.50. The van der Waals surface area contributed by atoms with Crippen molar-refractivity contribution < 1.29 is 4.42 Å². The van der Waals surface area contributed by atoms with E-state index in [-0.39, 0.29) is 17.7 Å². The molecule has 2 heterocycles. The van der Waals surface area contributed by atoms with E-state index in [9.17, 15) is 4.79 Å². The van der Waals surface area contributed by atoms with Gasteiger partial charge in [-0.15, -0.1) is 10.2 Å². The molecule has 0 spiro atoms. The fraction of sp³-hybridized carbons (Fsp3) is 0.200. The first-order valence-electron chi connectivity index (χ1n) is 4.59. The van der Waals surface area contributed by atoms with Crippen molar-refractivity contribution in [2.75, 3.05) is 0 Å². The summed E-state index contributed by atoms with van der Waals surface area (Å²) >= 11 is 0. The lowest BCUT2D eigenvalue weighted by atomic mass is 10.3. The molecule has 0 saturated heterocycles. The number of nitrogens with zero attached hydrogens (tertiary/aromatic N) is 4. The first-order chi connectivity index (χ1) is 7.70. The minimum absolute atomic E-state index is 0.0961. The molecule has 0 saturated carbocycles. The minimum atomic E-state index is -0.360. The van der Waals surface area contributed by atoms with Crippen LogP contribution in [0.1, 0.15) is 17.3 Å². The van der Waals surface area contributed by atoms with Gasteiger partial charge in [-0.1, -0.05) is 0 Å². The van der Waals surface area contributed by atoms with Gasteiger partial charge >= 0.3 is 0 Å². The molecular formula is C10H8N4O2. The summed E-state index contributed by atoms with van der Waals surface area (Å²) in [6.45, 7) is 1.85. The van der Waals surface area contributed by atoms with Crippen molar-refractivity contribution >= 4 is 0 Å². The molecule has 0 radical (unpaired) electrons.